The Bertz CT molecular complexity index is 406. The number of pyridine rings is 1. The van der Waals surface area contributed by atoms with Gasteiger partial charge in [0.1, 0.15) is 0 Å². The normalized spacial score (nSPS) is 18.3. The average molecular weight is 244 g/mol. The summed E-state index contributed by atoms with van der Waals surface area (Å²) in [6.07, 6.45) is 6.62. The van der Waals surface area contributed by atoms with Crippen LogP contribution in [0.4, 0.5) is 0 Å². The van der Waals surface area contributed by atoms with Crippen molar-refractivity contribution in [2.45, 2.75) is 44.3 Å². The molecular formula is C14H20N4. The Balaban J connectivity index is 2.19. The molecule has 2 rings (SSSR count). The van der Waals surface area contributed by atoms with Crippen molar-refractivity contribution >= 4 is 0 Å². The summed E-state index contributed by atoms with van der Waals surface area (Å²) < 4.78 is 0. The second-order valence-electron chi connectivity index (χ2n) is 4.96. The Labute approximate surface area is 108 Å². The van der Waals surface area contributed by atoms with Crippen LogP contribution >= 0.6 is 0 Å². The fourth-order valence-corrected chi connectivity index (χ4v) is 2.49. The van der Waals surface area contributed by atoms with Gasteiger partial charge in [-0.3, -0.25) is 9.88 Å². The molecule has 0 bridgehead atoms. The summed E-state index contributed by atoms with van der Waals surface area (Å²) >= 11 is 0. The largest absolute Gasteiger partial charge is 0.326 e. The van der Waals surface area contributed by atoms with Crippen molar-refractivity contribution in [1.29, 1.82) is 5.26 Å². The lowest BCUT2D eigenvalue weighted by atomic mass is 10.00. The third kappa shape index (κ3) is 3.06. The van der Waals surface area contributed by atoms with Gasteiger partial charge in [-0.1, -0.05) is 0 Å². The van der Waals surface area contributed by atoms with Gasteiger partial charge in [-0.25, -0.2) is 0 Å². The van der Waals surface area contributed by atoms with Crippen LogP contribution in [0.25, 0.3) is 0 Å². The predicted octanol–water partition coefficient (Wildman–Crippen LogP) is 1.85. The zero-order chi connectivity index (χ0) is 13.0. The number of nitrogens with zero attached hydrogens (tertiary/aromatic N) is 3. The molecule has 1 heterocycles. The molecule has 96 valence electrons. The maximum absolute atomic E-state index is 8.79. The molecule has 0 aromatic carbocycles. The summed E-state index contributed by atoms with van der Waals surface area (Å²) in [6, 6.07) is 7.11. The molecule has 1 aliphatic rings. The summed E-state index contributed by atoms with van der Waals surface area (Å²) in [6.45, 7) is 2.84. The minimum absolute atomic E-state index is 0.0479. The van der Waals surface area contributed by atoms with Crippen LogP contribution in [0.3, 0.4) is 0 Å². The SMILES string of the molecule is CC(N)C(c1ccncc1)N(CCC#N)C1CC1. The molecule has 0 saturated heterocycles. The number of rotatable bonds is 6. The summed E-state index contributed by atoms with van der Waals surface area (Å²) in [4.78, 5) is 6.45. The topological polar surface area (TPSA) is 65.9 Å². The van der Waals surface area contributed by atoms with Crippen LogP contribution in [0.5, 0.6) is 0 Å². The van der Waals surface area contributed by atoms with E-state index in [-0.39, 0.29) is 12.1 Å². The first-order valence-corrected chi connectivity index (χ1v) is 6.52. The van der Waals surface area contributed by atoms with Gasteiger partial charge >= 0.3 is 0 Å². The van der Waals surface area contributed by atoms with Crippen molar-refractivity contribution in [3.05, 3.63) is 30.1 Å². The van der Waals surface area contributed by atoms with Gasteiger partial charge in [0.15, 0.2) is 0 Å². The number of hydrogen-bond acceptors (Lipinski definition) is 4. The lowest BCUT2D eigenvalue weighted by molar-refractivity contribution is 0.170. The van der Waals surface area contributed by atoms with Crippen molar-refractivity contribution in [3.63, 3.8) is 0 Å². The van der Waals surface area contributed by atoms with E-state index in [0.717, 1.165) is 6.54 Å². The lowest BCUT2D eigenvalue weighted by Gasteiger charge is -2.34. The van der Waals surface area contributed by atoms with E-state index >= 15 is 0 Å². The summed E-state index contributed by atoms with van der Waals surface area (Å²) in [5.74, 6) is 0. The maximum Gasteiger partial charge on any atom is 0.0635 e. The number of nitriles is 1. The summed E-state index contributed by atoms with van der Waals surface area (Å²) in [7, 11) is 0. The van der Waals surface area contributed by atoms with E-state index in [1.165, 1.54) is 18.4 Å². The highest BCUT2D eigenvalue weighted by atomic mass is 15.2. The molecule has 1 saturated carbocycles. The van der Waals surface area contributed by atoms with Crippen LogP contribution in [0.1, 0.15) is 37.8 Å². The van der Waals surface area contributed by atoms with Gasteiger partial charge in [0, 0.05) is 37.4 Å². The van der Waals surface area contributed by atoms with Crippen molar-refractivity contribution in [1.82, 2.24) is 9.88 Å². The number of nitrogens with two attached hydrogens (primary N) is 1. The highest BCUT2D eigenvalue weighted by Gasteiger charge is 2.35. The Kier molecular flexibility index (Phi) is 4.29. The first-order valence-electron chi connectivity index (χ1n) is 6.52. The minimum Gasteiger partial charge on any atom is -0.326 e. The van der Waals surface area contributed by atoms with Crippen molar-refractivity contribution in [3.8, 4) is 6.07 Å². The molecule has 1 aliphatic carbocycles. The van der Waals surface area contributed by atoms with E-state index in [1.54, 1.807) is 12.4 Å². The molecule has 1 aromatic rings. The van der Waals surface area contributed by atoms with Gasteiger partial charge < -0.3 is 5.73 Å². The molecule has 2 N–H and O–H groups in total. The van der Waals surface area contributed by atoms with Crippen LogP contribution < -0.4 is 5.73 Å². The van der Waals surface area contributed by atoms with E-state index in [9.17, 15) is 0 Å². The molecule has 18 heavy (non-hydrogen) atoms. The van der Waals surface area contributed by atoms with Crippen LogP contribution in [-0.4, -0.2) is 28.5 Å². The van der Waals surface area contributed by atoms with E-state index in [2.05, 4.69) is 16.0 Å². The van der Waals surface area contributed by atoms with Crippen LogP contribution in [-0.2, 0) is 0 Å². The molecule has 0 spiro atoms. The summed E-state index contributed by atoms with van der Waals surface area (Å²) in [5, 5.41) is 8.79. The first kappa shape index (κ1) is 13.0. The molecule has 0 radical (unpaired) electrons. The quantitative estimate of drug-likeness (QED) is 0.829. The molecule has 0 aliphatic heterocycles. The molecule has 1 aromatic heterocycles. The summed E-state index contributed by atoms with van der Waals surface area (Å²) in [5.41, 5.74) is 7.36. The van der Waals surface area contributed by atoms with Crippen molar-refractivity contribution in [2.24, 2.45) is 5.73 Å². The zero-order valence-corrected chi connectivity index (χ0v) is 10.8. The Morgan fingerprint density at radius 1 is 1.50 bits per heavy atom. The molecule has 2 unspecified atom stereocenters. The number of hydrogen-bond donors (Lipinski definition) is 1. The van der Waals surface area contributed by atoms with Gasteiger partial charge in [-0.2, -0.15) is 5.26 Å². The molecule has 4 nitrogen and oxygen atoms in total. The van der Waals surface area contributed by atoms with Gasteiger partial charge in [0.05, 0.1) is 12.1 Å². The molecule has 4 heteroatoms. The van der Waals surface area contributed by atoms with Crippen LogP contribution in [0.15, 0.2) is 24.5 Å². The second-order valence-corrected chi connectivity index (χ2v) is 4.96. The second kappa shape index (κ2) is 5.94. The fourth-order valence-electron chi connectivity index (χ4n) is 2.49. The molecule has 0 amide bonds. The highest BCUT2D eigenvalue weighted by molar-refractivity contribution is 5.18. The predicted molar refractivity (Wildman–Crippen MR) is 70.6 cm³/mol. The van der Waals surface area contributed by atoms with Crippen LogP contribution in [0, 0.1) is 11.3 Å². The Morgan fingerprint density at radius 3 is 2.67 bits per heavy atom. The molecule has 1 fully saturated rings. The van der Waals surface area contributed by atoms with E-state index in [4.69, 9.17) is 11.0 Å². The van der Waals surface area contributed by atoms with Crippen molar-refractivity contribution < 1.29 is 0 Å². The third-order valence-electron chi connectivity index (χ3n) is 3.40. The maximum atomic E-state index is 8.79. The van der Waals surface area contributed by atoms with E-state index in [1.807, 2.05) is 19.1 Å². The van der Waals surface area contributed by atoms with Gasteiger partial charge in [-0.15, -0.1) is 0 Å². The lowest BCUT2D eigenvalue weighted by Crippen LogP contribution is -2.41. The standard InChI is InChI=1S/C14H20N4/c1-11(16)14(12-5-8-17-9-6-12)18(10-2-7-15)13-3-4-13/h5-6,8-9,11,13-14H,2-4,10,16H2,1H3. The molecular weight excluding hydrogens is 224 g/mol. The van der Waals surface area contributed by atoms with Gasteiger partial charge in [0.2, 0.25) is 0 Å². The van der Waals surface area contributed by atoms with E-state index < -0.39 is 0 Å². The number of aromatic nitrogens is 1. The van der Waals surface area contributed by atoms with Gasteiger partial charge in [-0.05, 0) is 37.5 Å². The zero-order valence-electron chi connectivity index (χ0n) is 10.8. The Hall–Kier alpha value is -1.44. The minimum atomic E-state index is 0.0479. The smallest absolute Gasteiger partial charge is 0.0635 e. The average Bonchev–Trinajstić information content (AvgIpc) is 3.19. The third-order valence-corrected chi connectivity index (χ3v) is 3.40. The highest BCUT2D eigenvalue weighted by Crippen LogP contribution is 2.35. The first-order chi connectivity index (χ1) is 8.74. The van der Waals surface area contributed by atoms with Crippen molar-refractivity contribution in [2.75, 3.05) is 6.54 Å². The van der Waals surface area contributed by atoms with E-state index in [0.29, 0.717) is 12.5 Å². The fraction of sp³-hybridized carbons (Fsp3) is 0.571. The van der Waals surface area contributed by atoms with Crippen LogP contribution in [0.2, 0.25) is 0 Å². The molecule has 2 atom stereocenters. The Morgan fingerprint density at radius 2 is 2.17 bits per heavy atom. The monoisotopic (exact) mass is 244 g/mol. The van der Waals surface area contributed by atoms with Gasteiger partial charge in [0.25, 0.3) is 0 Å².